The van der Waals surface area contributed by atoms with Gasteiger partial charge in [-0.2, -0.15) is 13.2 Å². The summed E-state index contributed by atoms with van der Waals surface area (Å²) in [6.07, 6.45) is 0.996. The number of benzene rings is 2. The third-order valence-corrected chi connectivity index (χ3v) is 10.4. The van der Waals surface area contributed by atoms with Crippen molar-refractivity contribution in [3.8, 4) is 11.1 Å². The Bertz CT molecular complexity index is 1620. The molecule has 2 aromatic carbocycles. The Morgan fingerprint density at radius 2 is 1.71 bits per heavy atom. The molecule has 0 radical (unpaired) electrons. The van der Waals surface area contributed by atoms with Crippen molar-refractivity contribution in [1.29, 1.82) is 0 Å². The van der Waals surface area contributed by atoms with E-state index in [4.69, 9.17) is 4.98 Å². The first-order valence-electron chi connectivity index (χ1n) is 14.2. The highest BCUT2D eigenvalue weighted by Crippen LogP contribution is 2.56. The van der Waals surface area contributed by atoms with E-state index in [0.717, 1.165) is 74.1 Å². The van der Waals surface area contributed by atoms with E-state index < -0.39 is 29.8 Å². The number of fused-ring (bicyclic) bond motifs is 2. The maximum atomic E-state index is 17.0. The van der Waals surface area contributed by atoms with Gasteiger partial charge in [-0.15, -0.1) is 11.3 Å². The van der Waals surface area contributed by atoms with Crippen LogP contribution < -0.4 is 0 Å². The molecule has 3 aliphatic rings. The second-order valence-electron chi connectivity index (χ2n) is 12.0. The van der Waals surface area contributed by atoms with Crippen molar-refractivity contribution < 1.29 is 27.1 Å². The SMILES string of the molecule is OC1CC2(CCC2)Cc2nc(C3CCCC3)c(C(F)c3nc4cc(C(F)(F)F)ccc4s3)c(-c3ccc(F)cc3)c21. The first kappa shape index (κ1) is 27.0. The summed E-state index contributed by atoms with van der Waals surface area (Å²) in [5.41, 5.74) is 2.71. The van der Waals surface area contributed by atoms with E-state index in [2.05, 4.69) is 4.98 Å². The van der Waals surface area contributed by atoms with Crippen LogP contribution in [-0.2, 0) is 12.6 Å². The van der Waals surface area contributed by atoms with Gasteiger partial charge in [-0.25, -0.2) is 13.8 Å². The molecule has 0 saturated heterocycles. The van der Waals surface area contributed by atoms with Gasteiger partial charge in [0.05, 0.1) is 27.6 Å². The van der Waals surface area contributed by atoms with Crippen LogP contribution in [0.5, 0.6) is 0 Å². The third kappa shape index (κ3) is 4.65. The fourth-order valence-corrected chi connectivity index (χ4v) is 8.16. The van der Waals surface area contributed by atoms with Gasteiger partial charge < -0.3 is 5.11 Å². The van der Waals surface area contributed by atoms with Crippen LogP contribution in [0, 0.1) is 11.2 Å². The molecule has 4 aromatic rings. The number of rotatable bonds is 4. The van der Waals surface area contributed by atoms with Gasteiger partial charge in [0, 0.05) is 22.7 Å². The summed E-state index contributed by atoms with van der Waals surface area (Å²) in [5, 5.41) is 11.6. The molecular formula is C32H29F5N2OS. The highest BCUT2D eigenvalue weighted by Gasteiger charge is 2.46. The Hall–Kier alpha value is -2.91. The Labute approximate surface area is 238 Å². The molecule has 0 amide bonds. The molecule has 2 aromatic heterocycles. The molecule has 2 heterocycles. The first-order chi connectivity index (χ1) is 19.6. The molecule has 3 aliphatic carbocycles. The second kappa shape index (κ2) is 9.83. The Morgan fingerprint density at radius 3 is 2.37 bits per heavy atom. The fraction of sp³-hybridized carbons (Fsp3) is 0.438. The molecule has 0 aliphatic heterocycles. The lowest BCUT2D eigenvalue weighted by molar-refractivity contribution is -0.137. The standard InChI is InChI=1S/C32H29F5N2OS/c33-20-9-6-17(7-10-20)25-26-22(15-31(12-3-13-31)16-23(26)40)38-29(18-4-1-2-5-18)27(25)28(34)30-39-21-14-19(32(35,36)37)8-11-24(21)41-30/h6-11,14,18,23,28,40H,1-5,12-13,15-16H2. The average Bonchev–Trinajstić information content (AvgIpc) is 3.61. The van der Waals surface area contributed by atoms with Gasteiger partial charge in [-0.05, 0) is 85.4 Å². The minimum atomic E-state index is -4.53. The smallest absolute Gasteiger partial charge is 0.388 e. The largest absolute Gasteiger partial charge is 0.416 e. The number of hydrogen-bond donors (Lipinski definition) is 1. The van der Waals surface area contributed by atoms with Gasteiger partial charge in [-0.3, -0.25) is 4.98 Å². The minimum Gasteiger partial charge on any atom is -0.388 e. The zero-order valence-electron chi connectivity index (χ0n) is 22.3. The summed E-state index contributed by atoms with van der Waals surface area (Å²) in [5.74, 6) is -0.401. The molecule has 1 spiro atoms. The van der Waals surface area contributed by atoms with Crippen molar-refractivity contribution in [2.24, 2.45) is 5.41 Å². The average molecular weight is 585 g/mol. The molecule has 2 saturated carbocycles. The summed E-state index contributed by atoms with van der Waals surface area (Å²) < 4.78 is 71.6. The van der Waals surface area contributed by atoms with Crippen molar-refractivity contribution in [2.45, 2.75) is 82.2 Å². The van der Waals surface area contributed by atoms with Gasteiger partial charge in [0.2, 0.25) is 0 Å². The summed E-state index contributed by atoms with van der Waals surface area (Å²) in [4.78, 5) is 9.48. The summed E-state index contributed by atoms with van der Waals surface area (Å²) >= 11 is 1.02. The van der Waals surface area contributed by atoms with E-state index >= 15 is 4.39 Å². The van der Waals surface area contributed by atoms with E-state index in [0.29, 0.717) is 45.5 Å². The number of aliphatic hydroxyl groups is 1. The lowest BCUT2D eigenvalue weighted by Gasteiger charge is -2.47. The molecule has 3 nitrogen and oxygen atoms in total. The van der Waals surface area contributed by atoms with Crippen molar-refractivity contribution in [3.05, 3.63) is 81.4 Å². The van der Waals surface area contributed by atoms with Crippen molar-refractivity contribution >= 4 is 21.6 Å². The van der Waals surface area contributed by atoms with Gasteiger partial charge in [-0.1, -0.05) is 31.4 Å². The lowest BCUT2D eigenvalue weighted by Crippen LogP contribution is -2.38. The minimum absolute atomic E-state index is 0.00623. The molecule has 1 N–H and O–H groups in total. The van der Waals surface area contributed by atoms with E-state index in [-0.39, 0.29) is 21.9 Å². The molecule has 7 rings (SSSR count). The molecular weight excluding hydrogens is 555 g/mol. The van der Waals surface area contributed by atoms with Crippen molar-refractivity contribution in [3.63, 3.8) is 0 Å². The number of halogens is 5. The van der Waals surface area contributed by atoms with Crippen LogP contribution in [0.3, 0.4) is 0 Å². The van der Waals surface area contributed by atoms with Crippen LogP contribution in [0.15, 0.2) is 42.5 Å². The molecule has 2 atom stereocenters. The van der Waals surface area contributed by atoms with E-state index in [9.17, 15) is 22.7 Å². The Kier molecular flexibility index (Phi) is 6.47. The molecule has 2 fully saturated rings. The second-order valence-corrected chi connectivity index (χ2v) is 13.0. The van der Waals surface area contributed by atoms with Crippen LogP contribution in [0.4, 0.5) is 22.0 Å². The Balaban J connectivity index is 1.46. The van der Waals surface area contributed by atoms with Gasteiger partial charge in [0.15, 0.2) is 6.17 Å². The third-order valence-electron chi connectivity index (χ3n) is 9.37. The summed E-state index contributed by atoms with van der Waals surface area (Å²) in [6.45, 7) is 0. The highest BCUT2D eigenvalue weighted by molar-refractivity contribution is 7.18. The van der Waals surface area contributed by atoms with Gasteiger partial charge in [0.1, 0.15) is 10.8 Å². The monoisotopic (exact) mass is 584 g/mol. The predicted octanol–water partition coefficient (Wildman–Crippen LogP) is 9.38. The number of alkyl halides is 4. The molecule has 41 heavy (non-hydrogen) atoms. The number of hydrogen-bond acceptors (Lipinski definition) is 4. The number of thiazole rings is 1. The maximum absolute atomic E-state index is 17.0. The van der Waals surface area contributed by atoms with E-state index in [1.54, 1.807) is 12.1 Å². The zero-order chi connectivity index (χ0) is 28.5. The summed E-state index contributed by atoms with van der Waals surface area (Å²) in [6, 6.07) is 9.13. The predicted molar refractivity (Wildman–Crippen MR) is 148 cm³/mol. The quantitative estimate of drug-likeness (QED) is 0.243. The van der Waals surface area contributed by atoms with Crippen LogP contribution >= 0.6 is 11.3 Å². The summed E-state index contributed by atoms with van der Waals surface area (Å²) in [7, 11) is 0. The number of aliphatic hydroxyl groups excluding tert-OH is 1. The molecule has 214 valence electrons. The van der Waals surface area contributed by atoms with Crippen LogP contribution in [0.25, 0.3) is 21.3 Å². The van der Waals surface area contributed by atoms with Crippen LogP contribution in [-0.4, -0.2) is 15.1 Å². The Morgan fingerprint density at radius 1 is 0.976 bits per heavy atom. The zero-order valence-corrected chi connectivity index (χ0v) is 23.1. The van der Waals surface area contributed by atoms with Crippen LogP contribution in [0.2, 0.25) is 0 Å². The number of nitrogens with zero attached hydrogens (tertiary/aromatic N) is 2. The first-order valence-corrected chi connectivity index (χ1v) is 15.1. The fourth-order valence-electron chi connectivity index (χ4n) is 7.22. The number of aromatic nitrogens is 2. The topological polar surface area (TPSA) is 46.0 Å². The molecule has 2 unspecified atom stereocenters. The molecule has 9 heteroatoms. The lowest BCUT2D eigenvalue weighted by atomic mass is 9.59. The van der Waals surface area contributed by atoms with E-state index in [1.165, 1.54) is 18.2 Å². The van der Waals surface area contributed by atoms with Gasteiger partial charge >= 0.3 is 6.18 Å². The maximum Gasteiger partial charge on any atom is 0.416 e. The van der Waals surface area contributed by atoms with Crippen molar-refractivity contribution in [2.75, 3.05) is 0 Å². The number of pyridine rings is 1. The highest BCUT2D eigenvalue weighted by atomic mass is 32.1. The van der Waals surface area contributed by atoms with E-state index in [1.807, 2.05) is 0 Å². The van der Waals surface area contributed by atoms with Crippen molar-refractivity contribution in [1.82, 2.24) is 9.97 Å². The van der Waals surface area contributed by atoms with Gasteiger partial charge in [0.25, 0.3) is 0 Å². The molecule has 0 bridgehead atoms. The van der Waals surface area contributed by atoms with Crippen LogP contribution in [0.1, 0.15) is 103 Å². The normalized spacial score (nSPS) is 21.3.